The summed E-state index contributed by atoms with van der Waals surface area (Å²) < 4.78 is 0. The van der Waals surface area contributed by atoms with Crippen LogP contribution in [0.4, 0.5) is 11.4 Å². The maximum atomic E-state index is 10.8. The van der Waals surface area contributed by atoms with E-state index in [-0.39, 0.29) is 5.41 Å². The summed E-state index contributed by atoms with van der Waals surface area (Å²) in [4.78, 5) is 13.2. The Morgan fingerprint density at radius 1 is 1.07 bits per heavy atom. The number of nitriles is 3. The van der Waals surface area contributed by atoms with Gasteiger partial charge < -0.3 is 15.0 Å². The molecule has 1 aliphatic heterocycles. The van der Waals surface area contributed by atoms with E-state index in [0.29, 0.717) is 36.1 Å². The first kappa shape index (κ1) is 30.9. The molecule has 0 saturated carbocycles. The SMILES string of the molecule is CCCN1/C(=C/C=C(C)/C=C(\C#N)CC(C)(C)c2cc(C#N)ccc2NCCC=O)C(C)(C)c2cc(C#N)ccc21. The van der Waals surface area contributed by atoms with Crippen molar-refractivity contribution in [2.24, 2.45) is 0 Å². The van der Waals surface area contributed by atoms with Crippen LogP contribution in [-0.4, -0.2) is 19.4 Å². The zero-order valence-electron chi connectivity index (χ0n) is 25.0. The number of aldehydes is 1. The van der Waals surface area contributed by atoms with Crippen LogP contribution in [0.1, 0.15) is 83.1 Å². The summed E-state index contributed by atoms with van der Waals surface area (Å²) in [5.74, 6) is 0. The molecule has 0 aromatic heterocycles. The number of rotatable bonds is 11. The molecular weight excluding hydrogens is 506 g/mol. The lowest BCUT2D eigenvalue weighted by molar-refractivity contribution is -0.107. The fraction of sp³-hybridized carbons (Fsp3) is 0.371. The van der Waals surface area contributed by atoms with E-state index in [2.05, 4.69) is 75.2 Å². The molecule has 1 N–H and O–H groups in total. The van der Waals surface area contributed by atoms with E-state index in [0.717, 1.165) is 53.0 Å². The van der Waals surface area contributed by atoms with Gasteiger partial charge in [-0.15, -0.1) is 0 Å². The van der Waals surface area contributed by atoms with Gasteiger partial charge in [-0.2, -0.15) is 15.8 Å². The number of allylic oxidation sites excluding steroid dienone is 6. The number of nitrogens with one attached hydrogen (secondary N) is 1. The van der Waals surface area contributed by atoms with Crippen LogP contribution in [0.3, 0.4) is 0 Å². The molecule has 6 nitrogen and oxygen atoms in total. The monoisotopic (exact) mass is 545 g/mol. The third-order valence-electron chi connectivity index (χ3n) is 7.61. The van der Waals surface area contributed by atoms with E-state index >= 15 is 0 Å². The van der Waals surface area contributed by atoms with Crippen LogP contribution in [0.25, 0.3) is 0 Å². The van der Waals surface area contributed by atoms with Crippen molar-refractivity contribution in [1.82, 2.24) is 0 Å². The summed E-state index contributed by atoms with van der Waals surface area (Å²) in [6.07, 6.45) is 8.86. The highest BCUT2D eigenvalue weighted by atomic mass is 16.1. The summed E-state index contributed by atoms with van der Waals surface area (Å²) in [6, 6.07) is 18.3. The number of anilines is 2. The molecule has 6 heteroatoms. The number of benzene rings is 2. The molecule has 41 heavy (non-hydrogen) atoms. The van der Waals surface area contributed by atoms with Gasteiger partial charge in [-0.25, -0.2) is 0 Å². The Balaban J connectivity index is 1.94. The Kier molecular flexibility index (Phi) is 9.94. The lowest BCUT2D eigenvalue weighted by atomic mass is 9.77. The predicted molar refractivity (Wildman–Crippen MR) is 165 cm³/mol. The van der Waals surface area contributed by atoms with E-state index in [1.54, 1.807) is 6.07 Å². The first-order chi connectivity index (χ1) is 19.5. The second-order valence-corrected chi connectivity index (χ2v) is 11.7. The van der Waals surface area contributed by atoms with Crippen molar-refractivity contribution < 1.29 is 4.79 Å². The highest BCUT2D eigenvalue weighted by Crippen LogP contribution is 2.48. The minimum atomic E-state index is -0.442. The van der Waals surface area contributed by atoms with Gasteiger partial charge in [0.2, 0.25) is 0 Å². The minimum absolute atomic E-state index is 0.267. The maximum Gasteiger partial charge on any atom is 0.121 e. The van der Waals surface area contributed by atoms with Crippen molar-refractivity contribution in [3.63, 3.8) is 0 Å². The average molecular weight is 546 g/mol. The van der Waals surface area contributed by atoms with Gasteiger partial charge >= 0.3 is 0 Å². The second kappa shape index (κ2) is 13.2. The zero-order chi connectivity index (χ0) is 30.2. The van der Waals surface area contributed by atoms with Crippen LogP contribution in [0, 0.1) is 34.0 Å². The molecule has 0 saturated heterocycles. The molecule has 0 aliphatic carbocycles. The first-order valence-corrected chi connectivity index (χ1v) is 14.1. The van der Waals surface area contributed by atoms with Crippen LogP contribution >= 0.6 is 0 Å². The molecule has 1 heterocycles. The van der Waals surface area contributed by atoms with Gasteiger partial charge in [0, 0.05) is 47.6 Å². The van der Waals surface area contributed by atoms with Crippen molar-refractivity contribution in [1.29, 1.82) is 15.8 Å². The van der Waals surface area contributed by atoms with Gasteiger partial charge in [0.25, 0.3) is 0 Å². The molecule has 0 spiro atoms. The number of fused-ring (bicyclic) bond motifs is 1. The van der Waals surface area contributed by atoms with Crippen molar-refractivity contribution in [2.45, 2.75) is 71.6 Å². The Hall–Kier alpha value is -4.60. The Morgan fingerprint density at radius 2 is 1.76 bits per heavy atom. The van der Waals surface area contributed by atoms with Crippen molar-refractivity contribution in [3.8, 4) is 18.2 Å². The molecule has 0 unspecified atom stereocenters. The first-order valence-electron chi connectivity index (χ1n) is 14.1. The summed E-state index contributed by atoms with van der Waals surface area (Å²) in [7, 11) is 0. The van der Waals surface area contributed by atoms with Gasteiger partial charge in [0.1, 0.15) is 6.29 Å². The van der Waals surface area contributed by atoms with E-state index < -0.39 is 5.41 Å². The Bertz CT molecular complexity index is 1520. The molecule has 2 aromatic rings. The summed E-state index contributed by atoms with van der Waals surface area (Å²) >= 11 is 0. The van der Waals surface area contributed by atoms with Crippen molar-refractivity contribution in [3.05, 3.63) is 93.7 Å². The second-order valence-electron chi connectivity index (χ2n) is 11.7. The zero-order valence-corrected chi connectivity index (χ0v) is 25.0. The topological polar surface area (TPSA) is 104 Å². The van der Waals surface area contributed by atoms with Crippen LogP contribution in [0.15, 0.2) is 71.5 Å². The van der Waals surface area contributed by atoms with E-state index in [1.165, 1.54) is 0 Å². The molecule has 0 bridgehead atoms. The molecule has 210 valence electrons. The fourth-order valence-corrected chi connectivity index (χ4v) is 5.53. The van der Waals surface area contributed by atoms with Crippen LogP contribution in [-0.2, 0) is 15.6 Å². The summed E-state index contributed by atoms with van der Waals surface area (Å²) in [5.41, 5.74) is 7.35. The van der Waals surface area contributed by atoms with E-state index in [4.69, 9.17) is 0 Å². The molecule has 2 aromatic carbocycles. The number of carbonyl (C=O) groups excluding carboxylic acids is 1. The molecule has 0 amide bonds. The molecule has 0 atom stereocenters. The smallest absolute Gasteiger partial charge is 0.121 e. The van der Waals surface area contributed by atoms with Gasteiger partial charge in [-0.05, 0) is 84.9 Å². The summed E-state index contributed by atoms with van der Waals surface area (Å²) in [6.45, 7) is 14.0. The Morgan fingerprint density at radius 3 is 2.39 bits per heavy atom. The van der Waals surface area contributed by atoms with Crippen LogP contribution in [0.2, 0.25) is 0 Å². The highest BCUT2D eigenvalue weighted by Gasteiger charge is 2.39. The van der Waals surface area contributed by atoms with Gasteiger partial charge in [-0.3, -0.25) is 0 Å². The molecule has 0 radical (unpaired) electrons. The molecule has 3 rings (SSSR count). The fourth-order valence-electron chi connectivity index (χ4n) is 5.53. The lowest BCUT2D eigenvalue weighted by Crippen LogP contribution is -2.26. The third kappa shape index (κ3) is 6.95. The Labute approximate surface area is 244 Å². The number of nitrogens with zero attached hydrogens (tertiary/aromatic N) is 4. The number of hydrogen-bond donors (Lipinski definition) is 1. The minimum Gasteiger partial charge on any atom is -0.384 e. The van der Waals surface area contributed by atoms with Gasteiger partial charge in [0.15, 0.2) is 0 Å². The standard InChI is InChI=1S/C35H39N5O/c1-7-16-40-32-13-11-27(23-37)20-30(32)35(5,6)33(40)14-9-25(2)18-28(24-38)21-34(3,4)29-19-26(22-36)10-12-31(29)39-15-8-17-41/h9-14,17-20,39H,7-8,15-16,21H2,1-6H3/b25-9+,28-18-,33-14+. The largest absolute Gasteiger partial charge is 0.384 e. The van der Waals surface area contributed by atoms with Gasteiger partial charge in [0.05, 0.1) is 29.3 Å². The summed E-state index contributed by atoms with van der Waals surface area (Å²) in [5, 5.41) is 32.3. The van der Waals surface area contributed by atoms with Gasteiger partial charge in [-0.1, -0.05) is 46.3 Å². The van der Waals surface area contributed by atoms with E-state index in [9.17, 15) is 20.6 Å². The third-order valence-corrected chi connectivity index (χ3v) is 7.61. The van der Waals surface area contributed by atoms with Crippen molar-refractivity contribution >= 4 is 17.7 Å². The predicted octanol–water partition coefficient (Wildman–Crippen LogP) is 7.59. The molecule has 1 aliphatic rings. The van der Waals surface area contributed by atoms with Crippen LogP contribution < -0.4 is 10.2 Å². The highest BCUT2D eigenvalue weighted by molar-refractivity contribution is 5.72. The lowest BCUT2D eigenvalue weighted by Gasteiger charge is -2.28. The average Bonchev–Trinajstić information content (AvgIpc) is 3.16. The normalized spacial score (nSPS) is 15.6. The molecule has 0 fully saturated rings. The maximum absolute atomic E-state index is 10.8. The quantitative estimate of drug-likeness (QED) is 0.135. The number of carbonyl (C=O) groups is 1. The van der Waals surface area contributed by atoms with E-state index in [1.807, 2.05) is 43.3 Å². The number of hydrogen-bond acceptors (Lipinski definition) is 6. The van der Waals surface area contributed by atoms with Crippen LogP contribution in [0.5, 0.6) is 0 Å². The van der Waals surface area contributed by atoms with Crippen molar-refractivity contribution in [2.75, 3.05) is 23.3 Å². The molecular formula is C35H39N5O.